The third kappa shape index (κ3) is 1.88. The maximum atomic E-state index is 4.12. The minimum atomic E-state index is 0.902. The molecule has 0 fully saturated rings. The van der Waals surface area contributed by atoms with Crippen molar-refractivity contribution >= 4 is 17.4 Å². The molecule has 0 amide bonds. The largest absolute Gasteiger partial charge is 0.319 e. The van der Waals surface area contributed by atoms with Gasteiger partial charge in [0.1, 0.15) is 0 Å². The molecule has 0 bridgehead atoms. The number of nitrogens with zero attached hydrogens (tertiary/aromatic N) is 3. The van der Waals surface area contributed by atoms with Crippen LogP contribution in [0.15, 0.2) is 29.6 Å². The lowest BCUT2D eigenvalue weighted by Gasteiger charge is -1.98. The fourth-order valence-corrected chi connectivity index (χ4v) is 2.04. The summed E-state index contributed by atoms with van der Waals surface area (Å²) < 4.78 is 2.00. The van der Waals surface area contributed by atoms with Gasteiger partial charge in [-0.25, -0.2) is 0 Å². The molecule has 0 aliphatic heterocycles. The van der Waals surface area contributed by atoms with Gasteiger partial charge in [0.2, 0.25) is 0 Å². The Morgan fingerprint density at radius 1 is 1.43 bits per heavy atom. The molecule has 0 aliphatic rings. The highest BCUT2D eigenvalue weighted by Gasteiger charge is 2.03. The van der Waals surface area contributed by atoms with Crippen molar-refractivity contribution in [1.29, 1.82) is 0 Å². The van der Waals surface area contributed by atoms with Gasteiger partial charge in [-0.1, -0.05) is 17.8 Å². The fourth-order valence-electron chi connectivity index (χ4n) is 1.16. The van der Waals surface area contributed by atoms with Crippen molar-refractivity contribution in [2.75, 3.05) is 19.3 Å². The van der Waals surface area contributed by atoms with Gasteiger partial charge in [0, 0.05) is 18.5 Å². The van der Waals surface area contributed by atoms with Crippen molar-refractivity contribution in [2.24, 2.45) is 0 Å². The predicted octanol–water partition coefficient (Wildman–Crippen LogP) is 1.04. The Balaban J connectivity index is 2.17. The van der Waals surface area contributed by atoms with E-state index in [2.05, 4.69) is 15.5 Å². The number of hydrogen-bond donors (Lipinski definition) is 1. The summed E-state index contributed by atoms with van der Waals surface area (Å²) in [5.74, 6) is 1.01. The van der Waals surface area contributed by atoms with Crippen molar-refractivity contribution in [3.63, 3.8) is 0 Å². The normalized spacial score (nSPS) is 10.9. The third-order valence-corrected chi connectivity index (χ3v) is 2.81. The highest BCUT2D eigenvalue weighted by Crippen LogP contribution is 2.15. The molecule has 0 spiro atoms. The minimum absolute atomic E-state index is 0.902. The highest BCUT2D eigenvalue weighted by atomic mass is 32.2. The molecule has 4 nitrogen and oxygen atoms in total. The monoisotopic (exact) mass is 208 g/mol. The standard InChI is InChI=1S/C9H12N4S/c1-10-5-7-14-9-12-11-8-4-2-3-6-13(8)9/h2-4,6,10H,5,7H2,1H3. The Labute approximate surface area is 86.7 Å². The first-order chi connectivity index (χ1) is 6.92. The summed E-state index contributed by atoms with van der Waals surface area (Å²) in [6.45, 7) is 0.979. The van der Waals surface area contributed by atoms with Gasteiger partial charge in [-0.3, -0.25) is 4.40 Å². The van der Waals surface area contributed by atoms with Crippen LogP contribution in [0.1, 0.15) is 0 Å². The van der Waals surface area contributed by atoms with E-state index in [1.54, 1.807) is 11.8 Å². The van der Waals surface area contributed by atoms with E-state index in [4.69, 9.17) is 0 Å². The van der Waals surface area contributed by atoms with Gasteiger partial charge >= 0.3 is 0 Å². The van der Waals surface area contributed by atoms with E-state index in [0.717, 1.165) is 23.1 Å². The van der Waals surface area contributed by atoms with E-state index in [1.165, 1.54) is 0 Å². The van der Waals surface area contributed by atoms with Crippen molar-refractivity contribution in [1.82, 2.24) is 19.9 Å². The van der Waals surface area contributed by atoms with Crippen molar-refractivity contribution < 1.29 is 0 Å². The quantitative estimate of drug-likeness (QED) is 0.602. The van der Waals surface area contributed by atoms with Crippen LogP contribution < -0.4 is 5.32 Å². The number of hydrogen-bond acceptors (Lipinski definition) is 4. The topological polar surface area (TPSA) is 42.2 Å². The molecule has 0 aromatic carbocycles. The van der Waals surface area contributed by atoms with E-state index in [-0.39, 0.29) is 0 Å². The zero-order valence-corrected chi connectivity index (χ0v) is 8.79. The van der Waals surface area contributed by atoms with Gasteiger partial charge in [0.15, 0.2) is 10.8 Å². The van der Waals surface area contributed by atoms with E-state index < -0.39 is 0 Å². The molecule has 2 aromatic rings. The number of thioether (sulfide) groups is 1. The Bertz CT molecular complexity index is 412. The zero-order valence-electron chi connectivity index (χ0n) is 7.97. The third-order valence-electron chi connectivity index (χ3n) is 1.87. The number of aromatic nitrogens is 3. The van der Waals surface area contributed by atoms with Crippen molar-refractivity contribution in [3.8, 4) is 0 Å². The lowest BCUT2D eigenvalue weighted by atomic mass is 10.5. The molecule has 0 radical (unpaired) electrons. The van der Waals surface area contributed by atoms with Crippen LogP contribution in [0.5, 0.6) is 0 Å². The predicted molar refractivity (Wildman–Crippen MR) is 57.6 cm³/mol. The van der Waals surface area contributed by atoms with Gasteiger partial charge in [-0.05, 0) is 19.2 Å². The summed E-state index contributed by atoms with van der Waals surface area (Å²) in [7, 11) is 1.95. The summed E-state index contributed by atoms with van der Waals surface area (Å²) in [6, 6.07) is 5.90. The first-order valence-electron chi connectivity index (χ1n) is 4.49. The number of fused-ring (bicyclic) bond motifs is 1. The zero-order chi connectivity index (χ0) is 9.80. The molecule has 5 heteroatoms. The number of rotatable bonds is 4. The lowest BCUT2D eigenvalue weighted by molar-refractivity contribution is 0.863. The molecular weight excluding hydrogens is 196 g/mol. The molecule has 1 N–H and O–H groups in total. The number of nitrogens with one attached hydrogen (secondary N) is 1. The van der Waals surface area contributed by atoms with Crippen LogP contribution in [0.2, 0.25) is 0 Å². The molecule has 0 saturated heterocycles. The lowest BCUT2D eigenvalue weighted by Crippen LogP contribution is -2.09. The van der Waals surface area contributed by atoms with E-state index in [9.17, 15) is 0 Å². The van der Waals surface area contributed by atoms with Gasteiger partial charge in [0.05, 0.1) is 0 Å². The minimum Gasteiger partial charge on any atom is -0.319 e. The van der Waals surface area contributed by atoms with Gasteiger partial charge in [-0.2, -0.15) is 0 Å². The second-order valence-electron chi connectivity index (χ2n) is 2.86. The van der Waals surface area contributed by atoms with E-state index >= 15 is 0 Å². The molecule has 0 aliphatic carbocycles. The highest BCUT2D eigenvalue weighted by molar-refractivity contribution is 7.99. The van der Waals surface area contributed by atoms with E-state index in [0.29, 0.717) is 0 Å². The molecule has 2 aromatic heterocycles. The Kier molecular flexibility index (Phi) is 3.00. The maximum absolute atomic E-state index is 4.12. The van der Waals surface area contributed by atoms with Gasteiger partial charge in [0.25, 0.3) is 0 Å². The molecular formula is C9H12N4S. The first kappa shape index (κ1) is 9.48. The first-order valence-corrected chi connectivity index (χ1v) is 5.47. The Morgan fingerprint density at radius 2 is 2.36 bits per heavy atom. The summed E-state index contributed by atoms with van der Waals surface area (Å²) in [5, 5.41) is 12.2. The van der Waals surface area contributed by atoms with Crippen LogP contribution in [0.4, 0.5) is 0 Å². The number of pyridine rings is 1. The summed E-state index contributed by atoms with van der Waals surface area (Å²) >= 11 is 1.71. The van der Waals surface area contributed by atoms with Crippen LogP contribution in [-0.4, -0.2) is 33.9 Å². The Morgan fingerprint density at radius 3 is 3.21 bits per heavy atom. The molecule has 2 rings (SSSR count). The summed E-state index contributed by atoms with van der Waals surface area (Å²) in [4.78, 5) is 0. The molecule has 2 heterocycles. The Hall–Kier alpha value is -1.07. The van der Waals surface area contributed by atoms with Crippen LogP contribution in [0, 0.1) is 0 Å². The van der Waals surface area contributed by atoms with E-state index in [1.807, 2.05) is 35.8 Å². The second-order valence-corrected chi connectivity index (χ2v) is 3.93. The van der Waals surface area contributed by atoms with Crippen molar-refractivity contribution in [2.45, 2.75) is 5.16 Å². The van der Waals surface area contributed by atoms with Gasteiger partial charge < -0.3 is 5.32 Å². The average Bonchev–Trinajstić information content (AvgIpc) is 2.63. The van der Waals surface area contributed by atoms with Crippen LogP contribution in [0.25, 0.3) is 5.65 Å². The van der Waals surface area contributed by atoms with Crippen LogP contribution in [-0.2, 0) is 0 Å². The second kappa shape index (κ2) is 4.43. The summed E-state index contributed by atoms with van der Waals surface area (Å²) in [5.41, 5.74) is 0.902. The molecule has 0 atom stereocenters. The van der Waals surface area contributed by atoms with Crippen LogP contribution >= 0.6 is 11.8 Å². The average molecular weight is 208 g/mol. The molecule has 14 heavy (non-hydrogen) atoms. The van der Waals surface area contributed by atoms with Gasteiger partial charge in [-0.15, -0.1) is 10.2 Å². The molecule has 0 unspecified atom stereocenters. The van der Waals surface area contributed by atoms with Crippen LogP contribution in [0.3, 0.4) is 0 Å². The SMILES string of the molecule is CNCCSc1nnc2ccccn12. The maximum Gasteiger partial charge on any atom is 0.195 e. The molecule has 0 saturated carbocycles. The molecule has 74 valence electrons. The van der Waals surface area contributed by atoms with Crippen molar-refractivity contribution in [3.05, 3.63) is 24.4 Å². The smallest absolute Gasteiger partial charge is 0.195 e. The fraction of sp³-hybridized carbons (Fsp3) is 0.333. The summed E-state index contributed by atoms with van der Waals surface area (Å²) in [6.07, 6.45) is 1.98.